The Hall–Kier alpha value is -6.78. The summed E-state index contributed by atoms with van der Waals surface area (Å²) in [5.41, 5.74) is 13.2. The number of hydrogen-bond donors (Lipinski definition) is 0. The maximum absolute atomic E-state index is 5.14. The molecule has 0 fully saturated rings. The van der Waals surface area contributed by atoms with Gasteiger partial charge in [0.05, 0.1) is 34.0 Å². The van der Waals surface area contributed by atoms with Gasteiger partial charge in [-0.25, -0.2) is 9.97 Å². The fourth-order valence-corrected chi connectivity index (χ4v) is 6.77. The molecule has 9 aromatic rings. The van der Waals surface area contributed by atoms with Crippen molar-refractivity contribution in [2.75, 3.05) is 0 Å². The minimum absolute atomic E-state index is 0.814. The van der Waals surface area contributed by atoms with Gasteiger partial charge in [0, 0.05) is 34.1 Å². The fraction of sp³-hybridized carbons (Fsp3) is 0. The molecule has 0 aliphatic rings. The molecule has 9 rings (SSSR count). The maximum Gasteiger partial charge on any atom is 0.0900 e. The smallest absolute Gasteiger partial charge is 0.0900 e. The lowest BCUT2D eigenvalue weighted by Crippen LogP contribution is -1.94. The lowest BCUT2D eigenvalue weighted by Gasteiger charge is -2.15. The van der Waals surface area contributed by atoms with E-state index in [2.05, 4.69) is 137 Å². The molecule has 5 aromatic carbocycles. The van der Waals surface area contributed by atoms with Crippen molar-refractivity contribution in [2.24, 2.45) is 0 Å². The van der Waals surface area contributed by atoms with Crippen molar-refractivity contribution >= 4 is 21.7 Å². The molecule has 0 spiro atoms. The number of para-hydroxylation sites is 1. The molecule has 0 N–H and O–H groups in total. The molecule has 0 bridgehead atoms. The van der Waals surface area contributed by atoms with Crippen LogP contribution in [0.2, 0.25) is 0 Å². The first-order chi connectivity index (χ1) is 24.8. The molecule has 0 atom stereocenters. The van der Waals surface area contributed by atoms with E-state index in [0.717, 1.165) is 72.6 Å². The Balaban J connectivity index is 1.12. The van der Waals surface area contributed by atoms with Crippen LogP contribution in [0.5, 0.6) is 0 Å². The van der Waals surface area contributed by atoms with Gasteiger partial charge in [0.2, 0.25) is 0 Å². The third-order valence-corrected chi connectivity index (χ3v) is 9.18. The Labute approximate surface area is 290 Å². The number of aromatic nitrogens is 4. The monoisotopic (exact) mass is 638 g/mol. The molecular weight excluding hydrogens is 609 g/mol. The highest BCUT2D eigenvalue weighted by atomic mass is 14.8. The minimum Gasteiger partial charge on any atom is -0.255 e. The zero-order valence-corrected chi connectivity index (χ0v) is 27.1. The van der Waals surface area contributed by atoms with Crippen LogP contribution < -0.4 is 0 Å². The molecule has 4 heteroatoms. The van der Waals surface area contributed by atoms with Gasteiger partial charge in [0.1, 0.15) is 0 Å². The summed E-state index contributed by atoms with van der Waals surface area (Å²) in [7, 11) is 0. The van der Waals surface area contributed by atoms with Gasteiger partial charge in [-0.1, -0.05) is 121 Å². The van der Waals surface area contributed by atoms with E-state index in [1.54, 1.807) is 12.4 Å². The van der Waals surface area contributed by atoms with Gasteiger partial charge in [-0.3, -0.25) is 9.97 Å². The molecule has 234 valence electrons. The normalized spacial score (nSPS) is 11.2. The van der Waals surface area contributed by atoms with E-state index in [1.165, 1.54) is 16.5 Å². The van der Waals surface area contributed by atoms with Crippen molar-refractivity contribution in [2.45, 2.75) is 0 Å². The second-order valence-corrected chi connectivity index (χ2v) is 12.3. The number of pyridine rings is 4. The summed E-state index contributed by atoms with van der Waals surface area (Å²) >= 11 is 0. The Morgan fingerprint density at radius 1 is 0.320 bits per heavy atom. The standard InChI is InChI=1S/C46H30N4/c1-2-12-33(13-3-1)46-39-18-11-17-37(45(39)38-16-4-5-19-40(38)50-46)35-15-10-14-34(28-35)31-22-24-32(25-23-31)36-29-43(41-20-6-8-26-47-41)49-44(30-36)42-21-7-9-27-48-42/h1-30H. The van der Waals surface area contributed by atoms with E-state index in [9.17, 15) is 0 Å². The molecule has 0 amide bonds. The Bertz CT molecular complexity index is 2560. The average Bonchev–Trinajstić information content (AvgIpc) is 3.21. The maximum atomic E-state index is 5.14. The van der Waals surface area contributed by atoms with Crippen LogP contribution in [0.3, 0.4) is 0 Å². The van der Waals surface area contributed by atoms with Crippen LogP contribution in [0.4, 0.5) is 0 Å². The second-order valence-electron chi connectivity index (χ2n) is 12.3. The molecule has 4 aromatic heterocycles. The third kappa shape index (κ3) is 5.49. The van der Waals surface area contributed by atoms with Crippen molar-refractivity contribution < 1.29 is 0 Å². The van der Waals surface area contributed by atoms with E-state index < -0.39 is 0 Å². The van der Waals surface area contributed by atoms with Crippen LogP contribution in [-0.2, 0) is 0 Å². The molecule has 0 saturated carbocycles. The summed E-state index contributed by atoms with van der Waals surface area (Å²) in [5, 5.41) is 3.52. The largest absolute Gasteiger partial charge is 0.255 e. The predicted molar refractivity (Wildman–Crippen MR) is 205 cm³/mol. The van der Waals surface area contributed by atoms with E-state index in [1.807, 2.05) is 42.5 Å². The van der Waals surface area contributed by atoms with Crippen LogP contribution >= 0.6 is 0 Å². The highest BCUT2D eigenvalue weighted by Gasteiger charge is 2.15. The van der Waals surface area contributed by atoms with Crippen LogP contribution in [0, 0.1) is 0 Å². The molecule has 4 nitrogen and oxygen atoms in total. The first-order valence-electron chi connectivity index (χ1n) is 16.7. The highest BCUT2D eigenvalue weighted by Crippen LogP contribution is 2.39. The average molecular weight is 639 g/mol. The number of rotatable bonds is 6. The third-order valence-electron chi connectivity index (χ3n) is 9.18. The summed E-state index contributed by atoms with van der Waals surface area (Å²) in [6, 6.07) is 59.1. The molecule has 0 unspecified atom stereocenters. The number of fused-ring (bicyclic) bond motifs is 3. The van der Waals surface area contributed by atoms with E-state index in [4.69, 9.17) is 9.97 Å². The molecule has 4 heterocycles. The van der Waals surface area contributed by atoms with Crippen molar-refractivity contribution in [3.8, 4) is 67.4 Å². The zero-order valence-electron chi connectivity index (χ0n) is 27.1. The number of nitrogens with zero attached hydrogens (tertiary/aromatic N) is 4. The predicted octanol–water partition coefficient (Wildman–Crippen LogP) is 11.6. The van der Waals surface area contributed by atoms with Crippen molar-refractivity contribution in [1.29, 1.82) is 0 Å². The lowest BCUT2D eigenvalue weighted by atomic mass is 9.91. The molecule has 0 radical (unpaired) electrons. The van der Waals surface area contributed by atoms with Crippen molar-refractivity contribution in [3.05, 3.63) is 182 Å². The highest BCUT2D eigenvalue weighted by molar-refractivity contribution is 6.17. The summed E-state index contributed by atoms with van der Waals surface area (Å²) in [6.07, 6.45) is 3.60. The molecule has 0 aliphatic carbocycles. The minimum atomic E-state index is 0.814. The SMILES string of the molecule is c1ccc(-c2nc3ccccc3c3c(-c4cccc(-c5ccc(-c6cc(-c7ccccn7)nc(-c7ccccn7)c6)cc5)c4)cccc23)cc1. The topological polar surface area (TPSA) is 51.6 Å². The van der Waals surface area contributed by atoms with Crippen molar-refractivity contribution in [1.82, 2.24) is 19.9 Å². The van der Waals surface area contributed by atoms with Gasteiger partial charge in [-0.2, -0.15) is 0 Å². The lowest BCUT2D eigenvalue weighted by molar-refractivity contribution is 1.22. The second kappa shape index (κ2) is 12.7. The van der Waals surface area contributed by atoms with Gasteiger partial charge >= 0.3 is 0 Å². The Morgan fingerprint density at radius 2 is 0.900 bits per heavy atom. The summed E-state index contributed by atoms with van der Waals surface area (Å²) in [6.45, 7) is 0. The van der Waals surface area contributed by atoms with Gasteiger partial charge in [0.15, 0.2) is 0 Å². The van der Waals surface area contributed by atoms with Crippen LogP contribution in [0.25, 0.3) is 89.1 Å². The molecule has 50 heavy (non-hydrogen) atoms. The van der Waals surface area contributed by atoms with Crippen LogP contribution in [0.1, 0.15) is 0 Å². The summed E-state index contributed by atoms with van der Waals surface area (Å²) < 4.78 is 0. The Morgan fingerprint density at radius 3 is 1.60 bits per heavy atom. The first kappa shape index (κ1) is 29.4. The summed E-state index contributed by atoms with van der Waals surface area (Å²) in [5.74, 6) is 0. The van der Waals surface area contributed by atoms with Gasteiger partial charge in [-0.15, -0.1) is 0 Å². The quantitative estimate of drug-likeness (QED) is 0.170. The summed E-state index contributed by atoms with van der Waals surface area (Å²) in [4.78, 5) is 19.2. The van der Waals surface area contributed by atoms with E-state index in [-0.39, 0.29) is 0 Å². The molecule has 0 aliphatic heterocycles. The van der Waals surface area contributed by atoms with Crippen LogP contribution in [-0.4, -0.2) is 19.9 Å². The van der Waals surface area contributed by atoms with Gasteiger partial charge in [-0.05, 0) is 81.9 Å². The van der Waals surface area contributed by atoms with Crippen LogP contribution in [0.15, 0.2) is 182 Å². The van der Waals surface area contributed by atoms with E-state index >= 15 is 0 Å². The number of hydrogen-bond acceptors (Lipinski definition) is 4. The van der Waals surface area contributed by atoms with E-state index in [0.29, 0.717) is 0 Å². The molecule has 0 saturated heterocycles. The Kier molecular flexibility index (Phi) is 7.45. The fourth-order valence-electron chi connectivity index (χ4n) is 6.77. The zero-order chi connectivity index (χ0) is 33.3. The number of benzene rings is 5. The first-order valence-corrected chi connectivity index (χ1v) is 16.7. The van der Waals surface area contributed by atoms with Gasteiger partial charge in [0.25, 0.3) is 0 Å². The van der Waals surface area contributed by atoms with Crippen molar-refractivity contribution in [3.63, 3.8) is 0 Å². The van der Waals surface area contributed by atoms with Gasteiger partial charge < -0.3 is 0 Å². The molecular formula is C46H30N4.